The highest BCUT2D eigenvalue weighted by Gasteiger charge is 2.31. The lowest BCUT2D eigenvalue weighted by atomic mass is 9.79. The van der Waals surface area contributed by atoms with Crippen molar-refractivity contribution in [2.75, 3.05) is 19.1 Å². The highest BCUT2D eigenvalue weighted by atomic mass is 35.5. The molecule has 4 heteroatoms. The molecule has 1 aromatic rings. The summed E-state index contributed by atoms with van der Waals surface area (Å²) in [4.78, 5) is 0. The van der Waals surface area contributed by atoms with Crippen LogP contribution in [0, 0.1) is 5.41 Å². The smallest absolute Gasteiger partial charge is 0.0533 e. The summed E-state index contributed by atoms with van der Waals surface area (Å²) in [6.07, 6.45) is 8.49. The third-order valence-electron chi connectivity index (χ3n) is 3.39. The van der Waals surface area contributed by atoms with Crippen LogP contribution in [0.2, 0.25) is 0 Å². The molecular formula is C12H19ClN2O. The molecule has 2 heterocycles. The molecule has 0 saturated carbocycles. The molecule has 16 heavy (non-hydrogen) atoms. The molecular weight excluding hydrogens is 224 g/mol. The summed E-state index contributed by atoms with van der Waals surface area (Å²) in [5.74, 6) is 0.702. The van der Waals surface area contributed by atoms with E-state index >= 15 is 0 Å². The highest BCUT2D eigenvalue weighted by Crippen LogP contribution is 2.34. The Bertz CT molecular complexity index is 332. The number of alkyl halides is 1. The molecule has 1 saturated heterocycles. The summed E-state index contributed by atoms with van der Waals surface area (Å²) < 4.78 is 7.41. The van der Waals surface area contributed by atoms with Gasteiger partial charge in [0.25, 0.3) is 0 Å². The van der Waals surface area contributed by atoms with Gasteiger partial charge in [-0.05, 0) is 31.2 Å². The van der Waals surface area contributed by atoms with Crippen LogP contribution in [0.15, 0.2) is 12.4 Å². The van der Waals surface area contributed by atoms with Gasteiger partial charge in [0.2, 0.25) is 0 Å². The predicted molar refractivity (Wildman–Crippen MR) is 64.7 cm³/mol. The zero-order valence-electron chi connectivity index (χ0n) is 9.79. The van der Waals surface area contributed by atoms with E-state index in [1.807, 2.05) is 17.9 Å². The molecule has 0 radical (unpaired) electrons. The minimum absolute atomic E-state index is 0.190. The van der Waals surface area contributed by atoms with Crippen molar-refractivity contribution in [1.82, 2.24) is 9.78 Å². The van der Waals surface area contributed by atoms with Crippen LogP contribution in [-0.4, -0.2) is 28.9 Å². The van der Waals surface area contributed by atoms with Crippen molar-refractivity contribution in [3.63, 3.8) is 0 Å². The Balaban J connectivity index is 1.91. The summed E-state index contributed by atoms with van der Waals surface area (Å²) in [6, 6.07) is 0. The van der Waals surface area contributed by atoms with E-state index in [1.165, 1.54) is 12.0 Å². The zero-order valence-corrected chi connectivity index (χ0v) is 10.5. The lowest BCUT2D eigenvalue weighted by molar-refractivity contribution is 0.000272. The van der Waals surface area contributed by atoms with Gasteiger partial charge in [-0.2, -0.15) is 5.10 Å². The van der Waals surface area contributed by atoms with Crippen LogP contribution in [0.25, 0.3) is 0 Å². The summed E-state index contributed by atoms with van der Waals surface area (Å²) in [5.41, 5.74) is 1.48. The molecule has 0 spiro atoms. The average Bonchev–Trinajstić information content (AvgIpc) is 2.74. The third kappa shape index (κ3) is 2.77. The highest BCUT2D eigenvalue weighted by molar-refractivity contribution is 6.18. The van der Waals surface area contributed by atoms with E-state index in [0.717, 1.165) is 32.5 Å². The normalized spacial score (nSPS) is 25.9. The Labute approximate surface area is 102 Å². The fourth-order valence-electron chi connectivity index (χ4n) is 2.29. The number of rotatable bonds is 4. The molecule has 0 bridgehead atoms. The van der Waals surface area contributed by atoms with Gasteiger partial charge in [-0.3, -0.25) is 4.68 Å². The van der Waals surface area contributed by atoms with E-state index in [1.54, 1.807) is 0 Å². The fraction of sp³-hybridized carbons (Fsp3) is 0.750. The van der Waals surface area contributed by atoms with Crippen LogP contribution in [0.3, 0.4) is 0 Å². The van der Waals surface area contributed by atoms with Gasteiger partial charge in [0.15, 0.2) is 0 Å². The minimum Gasteiger partial charge on any atom is -0.381 e. The van der Waals surface area contributed by atoms with Gasteiger partial charge in [-0.25, -0.2) is 0 Å². The van der Waals surface area contributed by atoms with E-state index in [9.17, 15) is 0 Å². The Morgan fingerprint density at radius 3 is 3.06 bits per heavy atom. The van der Waals surface area contributed by atoms with Crippen LogP contribution >= 0.6 is 11.6 Å². The van der Waals surface area contributed by atoms with Crippen LogP contribution in [0.1, 0.15) is 24.8 Å². The Morgan fingerprint density at radius 2 is 2.50 bits per heavy atom. The largest absolute Gasteiger partial charge is 0.381 e. The van der Waals surface area contributed by atoms with Crippen molar-refractivity contribution in [3.05, 3.63) is 18.0 Å². The van der Waals surface area contributed by atoms with E-state index in [2.05, 4.69) is 11.3 Å². The van der Waals surface area contributed by atoms with Crippen LogP contribution in [0.5, 0.6) is 0 Å². The van der Waals surface area contributed by atoms with Crippen LogP contribution in [-0.2, 0) is 18.2 Å². The second-order valence-corrected chi connectivity index (χ2v) is 5.08. The fourth-order valence-corrected chi connectivity index (χ4v) is 2.63. The second-order valence-electron chi connectivity index (χ2n) is 4.81. The number of hydrogen-bond donors (Lipinski definition) is 0. The van der Waals surface area contributed by atoms with E-state index in [0.29, 0.717) is 5.88 Å². The SMILES string of the molecule is Cn1cc(CCC2(CCl)CCCOC2)cn1. The number of ether oxygens (including phenoxy) is 1. The summed E-state index contributed by atoms with van der Waals surface area (Å²) in [7, 11) is 1.95. The van der Waals surface area contributed by atoms with Crippen molar-refractivity contribution in [2.24, 2.45) is 12.5 Å². The van der Waals surface area contributed by atoms with Gasteiger partial charge in [0, 0.05) is 31.1 Å². The van der Waals surface area contributed by atoms with Crippen molar-refractivity contribution in [3.8, 4) is 0 Å². The minimum atomic E-state index is 0.190. The Morgan fingerprint density at radius 1 is 1.62 bits per heavy atom. The molecule has 90 valence electrons. The first kappa shape index (κ1) is 11.9. The zero-order chi connectivity index (χ0) is 11.4. The summed E-state index contributed by atoms with van der Waals surface area (Å²) in [6.45, 7) is 1.71. The average molecular weight is 243 g/mol. The quantitative estimate of drug-likeness (QED) is 0.759. The molecule has 3 nitrogen and oxygen atoms in total. The first-order chi connectivity index (χ1) is 7.74. The van der Waals surface area contributed by atoms with Gasteiger partial charge in [-0.1, -0.05) is 0 Å². The number of aromatic nitrogens is 2. The molecule has 1 aliphatic heterocycles. The second kappa shape index (κ2) is 5.19. The van der Waals surface area contributed by atoms with E-state index in [4.69, 9.17) is 16.3 Å². The van der Waals surface area contributed by atoms with Gasteiger partial charge < -0.3 is 4.74 Å². The van der Waals surface area contributed by atoms with Crippen LogP contribution in [0.4, 0.5) is 0 Å². The maximum Gasteiger partial charge on any atom is 0.0533 e. The number of halogens is 1. The lowest BCUT2D eigenvalue weighted by Gasteiger charge is -2.35. The van der Waals surface area contributed by atoms with Crippen molar-refractivity contribution in [2.45, 2.75) is 25.7 Å². The molecule has 1 fully saturated rings. The summed E-state index contributed by atoms with van der Waals surface area (Å²) >= 11 is 6.11. The first-order valence-corrected chi connectivity index (χ1v) is 6.39. The van der Waals surface area contributed by atoms with Gasteiger partial charge in [0.1, 0.15) is 0 Å². The van der Waals surface area contributed by atoms with Crippen molar-refractivity contribution >= 4 is 11.6 Å². The standard InChI is InChI=1S/C12H19ClN2O/c1-15-8-11(7-14-15)3-5-12(9-13)4-2-6-16-10-12/h7-8H,2-6,9-10H2,1H3. The molecule has 1 unspecified atom stereocenters. The van der Waals surface area contributed by atoms with E-state index in [-0.39, 0.29) is 5.41 Å². The molecule has 1 aliphatic rings. The molecule has 0 N–H and O–H groups in total. The molecule has 0 amide bonds. The predicted octanol–water partition coefficient (Wildman–Crippen LogP) is 2.39. The molecule has 0 aliphatic carbocycles. The maximum absolute atomic E-state index is 6.11. The molecule has 2 rings (SSSR count). The molecule has 1 aromatic heterocycles. The van der Waals surface area contributed by atoms with Crippen molar-refractivity contribution < 1.29 is 4.74 Å². The van der Waals surface area contributed by atoms with Gasteiger partial charge in [-0.15, -0.1) is 11.6 Å². The van der Waals surface area contributed by atoms with Crippen molar-refractivity contribution in [1.29, 1.82) is 0 Å². The summed E-state index contributed by atoms with van der Waals surface area (Å²) in [5, 5.41) is 4.18. The first-order valence-electron chi connectivity index (χ1n) is 5.85. The number of aryl methyl sites for hydroxylation is 2. The number of hydrogen-bond acceptors (Lipinski definition) is 2. The van der Waals surface area contributed by atoms with Gasteiger partial charge >= 0.3 is 0 Å². The topological polar surface area (TPSA) is 27.1 Å². The lowest BCUT2D eigenvalue weighted by Crippen LogP contribution is -2.34. The number of nitrogens with zero attached hydrogens (tertiary/aromatic N) is 2. The van der Waals surface area contributed by atoms with Gasteiger partial charge in [0.05, 0.1) is 12.8 Å². The Kier molecular flexibility index (Phi) is 3.87. The molecule has 0 aromatic carbocycles. The third-order valence-corrected chi connectivity index (χ3v) is 3.96. The maximum atomic E-state index is 6.11. The van der Waals surface area contributed by atoms with E-state index < -0.39 is 0 Å². The molecule has 1 atom stereocenters. The monoisotopic (exact) mass is 242 g/mol. The van der Waals surface area contributed by atoms with Crippen LogP contribution < -0.4 is 0 Å². The Hall–Kier alpha value is -0.540.